The van der Waals surface area contributed by atoms with Crippen molar-refractivity contribution in [1.82, 2.24) is 15.5 Å². The molecular weight excluding hydrogens is 392 g/mol. The predicted molar refractivity (Wildman–Crippen MR) is 126 cm³/mol. The number of aliphatic imine (C=N–C) groups is 1. The van der Waals surface area contributed by atoms with Crippen LogP contribution in [0.25, 0.3) is 0 Å². The van der Waals surface area contributed by atoms with Crippen LogP contribution >= 0.6 is 0 Å². The predicted octanol–water partition coefficient (Wildman–Crippen LogP) is 2.25. The zero-order valence-corrected chi connectivity index (χ0v) is 19.1. The largest absolute Gasteiger partial charge is 0.394 e. The molecular formula is C23H34N6O2. The lowest BCUT2D eigenvalue weighted by Gasteiger charge is -2.16. The van der Waals surface area contributed by atoms with E-state index >= 15 is 0 Å². The Hall–Kier alpha value is -3.13. The van der Waals surface area contributed by atoms with E-state index in [1.54, 1.807) is 26.2 Å². The highest BCUT2D eigenvalue weighted by molar-refractivity contribution is 6.16. The third kappa shape index (κ3) is 6.68. The lowest BCUT2D eigenvalue weighted by Crippen LogP contribution is -2.32. The Morgan fingerprint density at radius 1 is 1.29 bits per heavy atom. The fourth-order valence-electron chi connectivity index (χ4n) is 3.05. The number of carbonyl (C=O) groups excluding carboxylic acids is 2. The van der Waals surface area contributed by atoms with Crippen LogP contribution in [-0.2, 0) is 11.3 Å². The smallest absolute Gasteiger partial charge is 0.321 e. The first kappa shape index (κ1) is 24.1. The second-order valence-corrected chi connectivity index (χ2v) is 8.23. The maximum Gasteiger partial charge on any atom is 0.321 e. The number of urea groups is 1. The molecule has 3 amide bonds. The third-order valence-electron chi connectivity index (χ3n) is 4.96. The highest BCUT2D eigenvalue weighted by atomic mass is 16.2. The molecule has 31 heavy (non-hydrogen) atoms. The number of hydrogen-bond acceptors (Lipinski definition) is 5. The summed E-state index contributed by atoms with van der Waals surface area (Å²) in [6.07, 6.45) is 0. The van der Waals surface area contributed by atoms with Gasteiger partial charge in [-0.25, -0.2) is 4.79 Å². The summed E-state index contributed by atoms with van der Waals surface area (Å²) >= 11 is 0. The van der Waals surface area contributed by atoms with E-state index in [0.29, 0.717) is 24.4 Å². The van der Waals surface area contributed by atoms with Gasteiger partial charge in [0.15, 0.2) is 0 Å². The number of nitrogens with one attached hydrogen (secondary N) is 3. The van der Waals surface area contributed by atoms with Gasteiger partial charge in [0, 0.05) is 51.0 Å². The van der Waals surface area contributed by atoms with Crippen molar-refractivity contribution in [2.45, 2.75) is 33.4 Å². The zero-order valence-electron chi connectivity index (χ0n) is 19.1. The molecule has 8 heteroatoms. The number of anilines is 1. The van der Waals surface area contributed by atoms with Crippen LogP contribution in [0.2, 0.25) is 0 Å². The van der Waals surface area contributed by atoms with Crippen LogP contribution in [0.5, 0.6) is 0 Å². The minimum Gasteiger partial charge on any atom is -0.394 e. The summed E-state index contributed by atoms with van der Waals surface area (Å²) in [5, 5.41) is 8.96. The summed E-state index contributed by atoms with van der Waals surface area (Å²) in [5.41, 5.74) is 10.3. The number of amides is 3. The third-order valence-corrected chi connectivity index (χ3v) is 4.96. The SMILES string of the molecule is C=C1C(=NC(C)C)/C(=C(\N)C(=O)NCc2ccc(NC(=O)N(C)C)cc2)CNC[C@@H]1C. The molecule has 8 nitrogen and oxygen atoms in total. The van der Waals surface area contributed by atoms with Crippen molar-refractivity contribution in [2.75, 3.05) is 32.5 Å². The normalized spacial score (nSPS) is 19.7. The second-order valence-electron chi connectivity index (χ2n) is 8.23. The molecule has 1 aromatic rings. The Kier molecular flexibility index (Phi) is 8.38. The van der Waals surface area contributed by atoms with Gasteiger partial charge in [0.1, 0.15) is 5.70 Å². The molecule has 1 aliphatic rings. The van der Waals surface area contributed by atoms with E-state index in [1.807, 2.05) is 26.0 Å². The van der Waals surface area contributed by atoms with Gasteiger partial charge < -0.3 is 26.6 Å². The van der Waals surface area contributed by atoms with Crippen molar-refractivity contribution in [3.8, 4) is 0 Å². The minimum absolute atomic E-state index is 0.0643. The average Bonchev–Trinajstić information content (AvgIpc) is 2.85. The molecule has 0 unspecified atom stereocenters. The van der Waals surface area contributed by atoms with Gasteiger partial charge in [0.05, 0.1) is 5.71 Å². The highest BCUT2D eigenvalue weighted by Gasteiger charge is 2.25. The average molecular weight is 427 g/mol. The molecule has 0 radical (unpaired) electrons. The van der Waals surface area contributed by atoms with Crippen LogP contribution in [0.4, 0.5) is 10.5 Å². The van der Waals surface area contributed by atoms with E-state index < -0.39 is 0 Å². The van der Waals surface area contributed by atoms with E-state index in [-0.39, 0.29) is 29.6 Å². The Morgan fingerprint density at radius 3 is 2.52 bits per heavy atom. The van der Waals surface area contributed by atoms with Gasteiger partial charge in [-0.15, -0.1) is 0 Å². The molecule has 1 aliphatic heterocycles. The molecule has 0 spiro atoms. The molecule has 5 N–H and O–H groups in total. The lowest BCUT2D eigenvalue weighted by atomic mass is 9.94. The quantitative estimate of drug-likeness (QED) is 0.541. The highest BCUT2D eigenvalue weighted by Crippen LogP contribution is 2.21. The first-order valence-corrected chi connectivity index (χ1v) is 10.4. The number of benzene rings is 1. The summed E-state index contributed by atoms with van der Waals surface area (Å²) in [4.78, 5) is 30.6. The van der Waals surface area contributed by atoms with E-state index in [1.165, 1.54) is 4.90 Å². The molecule has 168 valence electrons. The molecule has 2 rings (SSSR count). The Labute approximate surface area is 184 Å². The number of rotatable bonds is 5. The van der Waals surface area contributed by atoms with Gasteiger partial charge in [0.2, 0.25) is 0 Å². The van der Waals surface area contributed by atoms with Crippen molar-refractivity contribution in [2.24, 2.45) is 16.6 Å². The Balaban J connectivity index is 2.12. The topological polar surface area (TPSA) is 112 Å². The van der Waals surface area contributed by atoms with Gasteiger partial charge >= 0.3 is 6.03 Å². The summed E-state index contributed by atoms with van der Waals surface area (Å²) in [7, 11) is 3.35. The summed E-state index contributed by atoms with van der Waals surface area (Å²) in [6.45, 7) is 11.8. The van der Waals surface area contributed by atoms with Crippen molar-refractivity contribution in [1.29, 1.82) is 0 Å². The van der Waals surface area contributed by atoms with Crippen molar-refractivity contribution in [3.63, 3.8) is 0 Å². The Bertz CT molecular complexity index is 884. The second kappa shape index (κ2) is 10.8. The molecule has 1 heterocycles. The molecule has 1 atom stereocenters. The van der Waals surface area contributed by atoms with Crippen LogP contribution in [0, 0.1) is 5.92 Å². The maximum absolute atomic E-state index is 12.8. The van der Waals surface area contributed by atoms with Crippen LogP contribution in [0.3, 0.4) is 0 Å². The van der Waals surface area contributed by atoms with Gasteiger partial charge in [0.25, 0.3) is 5.91 Å². The fraction of sp³-hybridized carbons (Fsp3) is 0.435. The first-order valence-electron chi connectivity index (χ1n) is 10.4. The number of nitrogens with zero attached hydrogens (tertiary/aromatic N) is 2. The molecule has 0 saturated carbocycles. The molecule has 1 saturated heterocycles. The van der Waals surface area contributed by atoms with Crippen LogP contribution < -0.4 is 21.7 Å². The fourth-order valence-corrected chi connectivity index (χ4v) is 3.05. The molecule has 0 aliphatic carbocycles. The van der Waals surface area contributed by atoms with Crippen molar-refractivity contribution >= 4 is 23.3 Å². The van der Waals surface area contributed by atoms with Crippen molar-refractivity contribution in [3.05, 3.63) is 53.3 Å². The number of carbonyl (C=O) groups is 2. The monoisotopic (exact) mass is 426 g/mol. The number of nitrogens with two attached hydrogens (primary N) is 1. The molecule has 0 bridgehead atoms. The van der Waals surface area contributed by atoms with Gasteiger partial charge in [-0.05, 0) is 43.0 Å². The maximum atomic E-state index is 12.8. The minimum atomic E-state index is -0.347. The number of hydrogen-bond donors (Lipinski definition) is 4. The van der Waals surface area contributed by atoms with Crippen LogP contribution in [0.15, 0.2) is 52.7 Å². The van der Waals surface area contributed by atoms with E-state index in [2.05, 4.69) is 29.5 Å². The van der Waals surface area contributed by atoms with Crippen LogP contribution in [-0.4, -0.2) is 55.8 Å². The van der Waals surface area contributed by atoms with Gasteiger partial charge in [-0.1, -0.05) is 25.6 Å². The molecule has 1 aromatic carbocycles. The van der Waals surface area contributed by atoms with Gasteiger partial charge in [-0.3, -0.25) is 9.79 Å². The first-order chi connectivity index (χ1) is 14.6. The van der Waals surface area contributed by atoms with Gasteiger partial charge in [-0.2, -0.15) is 0 Å². The molecule has 0 aromatic heterocycles. The van der Waals surface area contributed by atoms with Crippen molar-refractivity contribution < 1.29 is 9.59 Å². The van der Waals surface area contributed by atoms with Crippen LogP contribution in [0.1, 0.15) is 26.3 Å². The Morgan fingerprint density at radius 2 is 1.94 bits per heavy atom. The molecule has 1 fully saturated rings. The van der Waals surface area contributed by atoms with E-state index in [9.17, 15) is 9.59 Å². The lowest BCUT2D eigenvalue weighted by molar-refractivity contribution is -0.117. The zero-order chi connectivity index (χ0) is 23.1. The van der Waals surface area contributed by atoms with E-state index in [0.717, 1.165) is 23.4 Å². The summed E-state index contributed by atoms with van der Waals surface area (Å²) in [6, 6.07) is 7.13. The summed E-state index contributed by atoms with van der Waals surface area (Å²) in [5.74, 6) is -0.141. The standard InChI is InChI=1S/C23H34N6O2/c1-14(2)27-21-16(4)15(3)11-25-13-19(21)20(24)22(30)26-12-17-7-9-18(10-8-17)28-23(31)29(5)6/h7-10,14-15,25H,4,11-13,24H2,1-3,5-6H3,(H,26,30)(H,28,31)/b20-19-,27-21?/t15-/m0/s1. The summed E-state index contributed by atoms with van der Waals surface area (Å²) < 4.78 is 0. The van der Waals surface area contributed by atoms with E-state index in [4.69, 9.17) is 10.7 Å².